The number of benzene rings is 1. The molecule has 0 amide bonds. The minimum atomic E-state index is 0.494. The van der Waals surface area contributed by atoms with Crippen molar-refractivity contribution < 1.29 is 0 Å². The molecule has 1 N–H and O–H groups in total. The molecule has 3 nitrogen and oxygen atoms in total. The van der Waals surface area contributed by atoms with Crippen LogP contribution in [0.5, 0.6) is 0 Å². The summed E-state index contributed by atoms with van der Waals surface area (Å²) in [6.45, 7) is 8.43. The molecular weight excluding hydrogens is 246 g/mol. The van der Waals surface area contributed by atoms with Gasteiger partial charge < -0.3 is 5.32 Å². The highest BCUT2D eigenvalue weighted by molar-refractivity contribution is 5.22. The Morgan fingerprint density at radius 1 is 1.20 bits per heavy atom. The van der Waals surface area contributed by atoms with Gasteiger partial charge in [0.1, 0.15) is 0 Å². The van der Waals surface area contributed by atoms with Crippen LogP contribution in [0.25, 0.3) is 0 Å². The Bertz CT molecular complexity index is 502. The molecule has 0 radical (unpaired) electrons. The second kappa shape index (κ2) is 7.25. The third-order valence-electron chi connectivity index (χ3n) is 3.54. The fourth-order valence-corrected chi connectivity index (χ4v) is 2.38. The number of hydrogen-bond donors (Lipinski definition) is 1. The fourth-order valence-electron chi connectivity index (χ4n) is 2.38. The van der Waals surface area contributed by atoms with E-state index < -0.39 is 0 Å². The van der Waals surface area contributed by atoms with Crippen LogP contribution in [-0.2, 0) is 13.0 Å². The summed E-state index contributed by atoms with van der Waals surface area (Å²) in [6, 6.07) is 11.3. The van der Waals surface area contributed by atoms with Crippen molar-refractivity contribution in [2.45, 2.75) is 45.7 Å². The Morgan fingerprint density at radius 3 is 2.55 bits per heavy atom. The monoisotopic (exact) mass is 271 g/mol. The van der Waals surface area contributed by atoms with Crippen molar-refractivity contribution in [1.29, 1.82) is 0 Å². The Morgan fingerprint density at radius 2 is 1.95 bits per heavy atom. The average molecular weight is 271 g/mol. The molecule has 0 bridgehead atoms. The molecule has 2 aromatic rings. The van der Waals surface area contributed by atoms with Gasteiger partial charge in [-0.15, -0.1) is 0 Å². The van der Waals surface area contributed by atoms with Gasteiger partial charge in [0.15, 0.2) is 0 Å². The van der Waals surface area contributed by atoms with E-state index in [0.717, 1.165) is 19.5 Å². The lowest BCUT2D eigenvalue weighted by molar-refractivity contribution is 0.526. The minimum Gasteiger partial charge on any atom is -0.314 e. The van der Waals surface area contributed by atoms with Crippen LogP contribution < -0.4 is 5.32 Å². The summed E-state index contributed by atoms with van der Waals surface area (Å²) in [5, 5.41) is 7.93. The molecule has 0 fully saturated rings. The molecule has 1 heterocycles. The second-order valence-electron chi connectivity index (χ2n) is 5.58. The predicted octanol–water partition coefficient (Wildman–Crippen LogP) is 3.23. The molecule has 0 aliphatic carbocycles. The molecule has 0 aliphatic rings. The van der Waals surface area contributed by atoms with E-state index >= 15 is 0 Å². The van der Waals surface area contributed by atoms with Gasteiger partial charge in [-0.25, -0.2) is 0 Å². The number of nitrogens with one attached hydrogen (secondary N) is 1. The number of rotatable bonds is 7. The van der Waals surface area contributed by atoms with E-state index in [0.29, 0.717) is 12.0 Å². The van der Waals surface area contributed by atoms with Gasteiger partial charge in [0.2, 0.25) is 0 Å². The van der Waals surface area contributed by atoms with Crippen molar-refractivity contribution in [3.63, 3.8) is 0 Å². The van der Waals surface area contributed by atoms with Gasteiger partial charge in [-0.3, -0.25) is 4.68 Å². The van der Waals surface area contributed by atoms with Crippen LogP contribution in [0.2, 0.25) is 0 Å². The molecule has 1 atom stereocenters. The van der Waals surface area contributed by atoms with Crippen LogP contribution in [0.3, 0.4) is 0 Å². The van der Waals surface area contributed by atoms with Crippen molar-refractivity contribution in [3.8, 4) is 0 Å². The molecule has 0 saturated heterocycles. The summed E-state index contributed by atoms with van der Waals surface area (Å²) < 4.78 is 1.99. The summed E-state index contributed by atoms with van der Waals surface area (Å²) in [4.78, 5) is 0. The largest absolute Gasteiger partial charge is 0.314 e. The van der Waals surface area contributed by atoms with Crippen LogP contribution >= 0.6 is 0 Å². The van der Waals surface area contributed by atoms with Crippen LogP contribution in [0.4, 0.5) is 0 Å². The second-order valence-corrected chi connectivity index (χ2v) is 5.58. The summed E-state index contributed by atoms with van der Waals surface area (Å²) in [7, 11) is 0. The maximum atomic E-state index is 4.37. The standard InChI is InChI=1S/C17H25N3/c1-4-20-13-15(11-19-20)10-17(12-18-14(2)3)16-8-6-5-7-9-16/h5-9,11,13-14,17-18H,4,10,12H2,1-3H3. The van der Waals surface area contributed by atoms with E-state index in [4.69, 9.17) is 0 Å². The molecule has 0 aliphatic heterocycles. The van der Waals surface area contributed by atoms with Crippen LogP contribution in [-0.4, -0.2) is 22.4 Å². The maximum Gasteiger partial charge on any atom is 0.0521 e. The fraction of sp³-hybridized carbons (Fsp3) is 0.471. The average Bonchev–Trinajstić information content (AvgIpc) is 2.92. The van der Waals surface area contributed by atoms with E-state index in [2.05, 4.69) is 67.7 Å². The molecule has 0 spiro atoms. The molecule has 2 rings (SSSR count). The van der Waals surface area contributed by atoms with Crippen molar-refractivity contribution in [3.05, 3.63) is 53.9 Å². The third-order valence-corrected chi connectivity index (χ3v) is 3.54. The van der Waals surface area contributed by atoms with E-state index in [1.54, 1.807) is 0 Å². The van der Waals surface area contributed by atoms with E-state index in [1.165, 1.54) is 11.1 Å². The summed E-state index contributed by atoms with van der Waals surface area (Å²) in [5.74, 6) is 0.494. The minimum absolute atomic E-state index is 0.494. The first kappa shape index (κ1) is 14.8. The number of aromatic nitrogens is 2. The SMILES string of the molecule is CCn1cc(CC(CNC(C)C)c2ccccc2)cn1. The van der Waals surface area contributed by atoms with Crippen molar-refractivity contribution >= 4 is 0 Å². The molecule has 0 saturated carbocycles. The normalized spacial score (nSPS) is 12.8. The van der Waals surface area contributed by atoms with Gasteiger partial charge in [0, 0.05) is 31.2 Å². The van der Waals surface area contributed by atoms with Gasteiger partial charge in [-0.05, 0) is 24.5 Å². The number of aryl methyl sites for hydroxylation is 1. The van der Waals surface area contributed by atoms with Gasteiger partial charge >= 0.3 is 0 Å². The van der Waals surface area contributed by atoms with Crippen molar-refractivity contribution in [2.75, 3.05) is 6.54 Å². The lowest BCUT2D eigenvalue weighted by Gasteiger charge is -2.19. The smallest absolute Gasteiger partial charge is 0.0521 e. The molecule has 1 aromatic heterocycles. The van der Waals surface area contributed by atoms with Crippen molar-refractivity contribution in [1.82, 2.24) is 15.1 Å². The predicted molar refractivity (Wildman–Crippen MR) is 83.9 cm³/mol. The van der Waals surface area contributed by atoms with E-state index in [-0.39, 0.29) is 0 Å². The van der Waals surface area contributed by atoms with Crippen LogP contribution in [0, 0.1) is 0 Å². The Kier molecular flexibility index (Phi) is 5.36. The summed E-state index contributed by atoms with van der Waals surface area (Å²) in [5.41, 5.74) is 2.70. The Labute approximate surface area is 122 Å². The number of hydrogen-bond acceptors (Lipinski definition) is 2. The van der Waals surface area contributed by atoms with Crippen LogP contribution in [0.1, 0.15) is 37.8 Å². The quantitative estimate of drug-likeness (QED) is 0.838. The zero-order valence-electron chi connectivity index (χ0n) is 12.7. The van der Waals surface area contributed by atoms with Gasteiger partial charge in [-0.2, -0.15) is 5.10 Å². The molecule has 1 aromatic carbocycles. The highest BCUT2D eigenvalue weighted by atomic mass is 15.3. The summed E-state index contributed by atoms with van der Waals surface area (Å²) in [6.07, 6.45) is 5.18. The Balaban J connectivity index is 2.09. The van der Waals surface area contributed by atoms with E-state index in [9.17, 15) is 0 Å². The summed E-state index contributed by atoms with van der Waals surface area (Å²) >= 11 is 0. The topological polar surface area (TPSA) is 29.9 Å². The number of nitrogens with zero attached hydrogens (tertiary/aromatic N) is 2. The van der Waals surface area contributed by atoms with Crippen molar-refractivity contribution in [2.24, 2.45) is 0 Å². The molecule has 20 heavy (non-hydrogen) atoms. The third kappa shape index (κ3) is 4.20. The zero-order valence-corrected chi connectivity index (χ0v) is 12.7. The lowest BCUT2D eigenvalue weighted by atomic mass is 9.93. The maximum absolute atomic E-state index is 4.37. The van der Waals surface area contributed by atoms with E-state index in [1.807, 2.05) is 10.9 Å². The lowest BCUT2D eigenvalue weighted by Crippen LogP contribution is -2.28. The molecule has 108 valence electrons. The first-order chi connectivity index (χ1) is 9.69. The van der Waals surface area contributed by atoms with Gasteiger partial charge in [0.05, 0.1) is 6.20 Å². The van der Waals surface area contributed by atoms with Gasteiger partial charge in [0.25, 0.3) is 0 Å². The van der Waals surface area contributed by atoms with Gasteiger partial charge in [-0.1, -0.05) is 44.2 Å². The highest BCUT2D eigenvalue weighted by Crippen LogP contribution is 2.20. The molecule has 3 heteroatoms. The molecule has 1 unspecified atom stereocenters. The first-order valence-electron chi connectivity index (χ1n) is 7.48. The Hall–Kier alpha value is -1.61. The molecular formula is C17H25N3. The highest BCUT2D eigenvalue weighted by Gasteiger charge is 2.13. The van der Waals surface area contributed by atoms with Crippen LogP contribution in [0.15, 0.2) is 42.7 Å². The zero-order chi connectivity index (χ0) is 14.4. The first-order valence-corrected chi connectivity index (χ1v) is 7.48.